The summed E-state index contributed by atoms with van der Waals surface area (Å²) < 4.78 is 14.6. The second kappa shape index (κ2) is 6.01. The van der Waals surface area contributed by atoms with E-state index in [2.05, 4.69) is 4.74 Å². The summed E-state index contributed by atoms with van der Waals surface area (Å²) in [6, 6.07) is -0.778. The van der Waals surface area contributed by atoms with Crippen molar-refractivity contribution in [1.29, 1.82) is 0 Å². The minimum absolute atomic E-state index is 0.0318. The summed E-state index contributed by atoms with van der Waals surface area (Å²) in [6.07, 6.45) is -0.190. The van der Waals surface area contributed by atoms with Gasteiger partial charge in [-0.1, -0.05) is 0 Å². The average Bonchev–Trinajstić information content (AvgIpc) is 2.64. The fraction of sp³-hybridized carbons (Fsp3) is 0.818. The number of hydrogen-bond donors (Lipinski definition) is 1. The van der Waals surface area contributed by atoms with E-state index in [1.165, 1.54) is 7.11 Å². The number of ether oxygens (including phenoxy) is 3. The van der Waals surface area contributed by atoms with Crippen LogP contribution in [0.3, 0.4) is 0 Å². The molecule has 1 saturated heterocycles. The second-order valence-electron chi connectivity index (χ2n) is 4.69. The molecule has 1 rings (SSSR count). The Hall–Kier alpha value is -1.34. The maximum atomic E-state index is 11.4. The van der Waals surface area contributed by atoms with Crippen LogP contribution in [0.1, 0.15) is 20.3 Å². The molecule has 0 radical (unpaired) electrons. The van der Waals surface area contributed by atoms with Gasteiger partial charge in [0.2, 0.25) is 0 Å². The number of carbonyl (C=O) groups is 2. The van der Waals surface area contributed by atoms with E-state index in [9.17, 15) is 14.7 Å². The molecular weight excluding hydrogens is 242 g/mol. The van der Waals surface area contributed by atoms with Crippen LogP contribution in [-0.2, 0) is 19.0 Å². The third kappa shape index (κ3) is 4.15. The highest BCUT2D eigenvalue weighted by Gasteiger charge is 2.38. The predicted molar refractivity (Wildman–Crippen MR) is 60.7 cm³/mol. The number of aliphatic hydroxyl groups is 1. The van der Waals surface area contributed by atoms with Gasteiger partial charge < -0.3 is 19.3 Å². The monoisotopic (exact) mass is 261 g/mol. The van der Waals surface area contributed by atoms with Crippen molar-refractivity contribution in [2.24, 2.45) is 0 Å². The Morgan fingerprint density at radius 1 is 1.61 bits per heavy atom. The maximum absolute atomic E-state index is 11.4. The van der Waals surface area contributed by atoms with E-state index < -0.39 is 23.7 Å². The quantitative estimate of drug-likeness (QED) is 0.558. The molecule has 0 bridgehead atoms. The van der Waals surface area contributed by atoms with Crippen molar-refractivity contribution in [3.8, 4) is 0 Å². The van der Waals surface area contributed by atoms with Gasteiger partial charge in [0, 0.05) is 6.61 Å². The van der Waals surface area contributed by atoms with Crippen LogP contribution in [0.5, 0.6) is 0 Å². The number of methoxy groups -OCH3 is 1. The third-order valence-corrected chi connectivity index (χ3v) is 2.54. The summed E-state index contributed by atoms with van der Waals surface area (Å²) in [6.45, 7) is 3.54. The highest BCUT2D eigenvalue weighted by Crippen LogP contribution is 2.14. The lowest BCUT2D eigenvalue weighted by atomic mass is 10.1. The van der Waals surface area contributed by atoms with Crippen molar-refractivity contribution in [2.45, 2.75) is 31.9 Å². The second-order valence-corrected chi connectivity index (χ2v) is 4.69. The lowest BCUT2D eigenvalue weighted by Crippen LogP contribution is -2.41. The average molecular weight is 261 g/mol. The highest BCUT2D eigenvalue weighted by molar-refractivity contribution is 5.83. The van der Waals surface area contributed by atoms with E-state index in [0.717, 1.165) is 4.90 Å². The minimum Gasteiger partial charge on any atom is -0.453 e. The van der Waals surface area contributed by atoms with Gasteiger partial charge >= 0.3 is 12.1 Å². The van der Waals surface area contributed by atoms with Crippen LogP contribution in [0, 0.1) is 0 Å². The normalized spacial score (nSPS) is 19.9. The summed E-state index contributed by atoms with van der Waals surface area (Å²) in [7, 11) is 1.23. The molecule has 0 aliphatic carbocycles. The van der Waals surface area contributed by atoms with Gasteiger partial charge in [-0.05, 0) is 20.3 Å². The molecule has 18 heavy (non-hydrogen) atoms. The molecule has 1 aliphatic rings. The molecule has 7 nitrogen and oxygen atoms in total. The summed E-state index contributed by atoms with van der Waals surface area (Å²) in [5.74, 6) is -0.511. The Morgan fingerprint density at radius 3 is 2.83 bits per heavy atom. The first-order chi connectivity index (χ1) is 8.35. The lowest BCUT2D eigenvalue weighted by molar-refractivity contribution is -0.140. The molecule has 0 unspecified atom stereocenters. The SMILES string of the molecule is COC(=O)N1COC(=O)[C@@H]1COCCC(C)(C)O. The van der Waals surface area contributed by atoms with Crippen LogP contribution in [0.15, 0.2) is 0 Å². The van der Waals surface area contributed by atoms with Gasteiger partial charge in [-0.25, -0.2) is 9.59 Å². The zero-order chi connectivity index (χ0) is 13.8. The molecule has 1 amide bonds. The van der Waals surface area contributed by atoms with E-state index in [1.807, 2.05) is 0 Å². The van der Waals surface area contributed by atoms with E-state index >= 15 is 0 Å². The van der Waals surface area contributed by atoms with Crippen molar-refractivity contribution in [2.75, 3.05) is 27.1 Å². The fourth-order valence-corrected chi connectivity index (χ4v) is 1.42. The Morgan fingerprint density at radius 2 is 2.28 bits per heavy atom. The largest absolute Gasteiger partial charge is 0.453 e. The summed E-state index contributed by atoms with van der Waals surface area (Å²) in [5, 5.41) is 9.48. The third-order valence-electron chi connectivity index (χ3n) is 2.54. The van der Waals surface area contributed by atoms with Gasteiger partial charge in [0.25, 0.3) is 0 Å². The molecule has 0 aromatic heterocycles. The van der Waals surface area contributed by atoms with Crippen LogP contribution in [0.4, 0.5) is 4.79 Å². The Balaban J connectivity index is 2.39. The number of cyclic esters (lactones) is 1. The molecule has 1 N–H and O–H groups in total. The topological polar surface area (TPSA) is 85.3 Å². The Labute approximate surface area is 106 Å². The van der Waals surface area contributed by atoms with Gasteiger partial charge in [0.05, 0.1) is 19.3 Å². The summed E-state index contributed by atoms with van der Waals surface area (Å²) in [4.78, 5) is 23.9. The first-order valence-electron chi connectivity index (χ1n) is 5.66. The predicted octanol–water partition coefficient (Wildman–Crippen LogP) is 0.115. The Kier molecular flexibility index (Phi) is 4.92. The van der Waals surface area contributed by atoms with E-state index in [1.54, 1.807) is 13.8 Å². The maximum Gasteiger partial charge on any atom is 0.413 e. The van der Waals surface area contributed by atoms with Gasteiger partial charge in [0.15, 0.2) is 12.8 Å². The molecular formula is C11H19NO6. The van der Waals surface area contributed by atoms with Crippen LogP contribution in [0.2, 0.25) is 0 Å². The van der Waals surface area contributed by atoms with E-state index in [0.29, 0.717) is 13.0 Å². The van der Waals surface area contributed by atoms with Crippen molar-refractivity contribution < 1.29 is 28.9 Å². The number of carbonyl (C=O) groups excluding carboxylic acids is 2. The molecule has 1 heterocycles. The molecule has 0 aromatic rings. The number of esters is 1. The minimum atomic E-state index is -0.821. The first-order valence-corrected chi connectivity index (χ1v) is 5.66. The number of nitrogens with zero attached hydrogens (tertiary/aromatic N) is 1. The number of amides is 1. The molecule has 104 valence electrons. The molecule has 7 heteroatoms. The van der Waals surface area contributed by atoms with Gasteiger partial charge in [-0.3, -0.25) is 4.90 Å². The number of rotatable bonds is 5. The van der Waals surface area contributed by atoms with Crippen molar-refractivity contribution >= 4 is 12.1 Å². The van der Waals surface area contributed by atoms with Crippen molar-refractivity contribution in [1.82, 2.24) is 4.90 Å². The zero-order valence-corrected chi connectivity index (χ0v) is 10.8. The molecule has 0 spiro atoms. The summed E-state index contributed by atoms with van der Waals surface area (Å²) in [5.41, 5.74) is -0.821. The van der Waals surface area contributed by atoms with Crippen LogP contribution >= 0.6 is 0 Å². The smallest absolute Gasteiger partial charge is 0.413 e. The van der Waals surface area contributed by atoms with Crippen LogP contribution < -0.4 is 0 Å². The van der Waals surface area contributed by atoms with E-state index in [-0.39, 0.29) is 13.3 Å². The lowest BCUT2D eigenvalue weighted by Gasteiger charge is -2.20. The van der Waals surface area contributed by atoms with Crippen molar-refractivity contribution in [3.63, 3.8) is 0 Å². The molecule has 0 saturated carbocycles. The van der Waals surface area contributed by atoms with Crippen LogP contribution in [0.25, 0.3) is 0 Å². The van der Waals surface area contributed by atoms with Crippen molar-refractivity contribution in [3.05, 3.63) is 0 Å². The van der Waals surface area contributed by atoms with Gasteiger partial charge in [0.1, 0.15) is 0 Å². The zero-order valence-electron chi connectivity index (χ0n) is 10.8. The molecule has 0 aromatic carbocycles. The fourth-order valence-electron chi connectivity index (χ4n) is 1.42. The molecule has 1 fully saturated rings. The molecule has 1 aliphatic heterocycles. The van der Waals surface area contributed by atoms with Crippen LogP contribution in [-0.4, -0.2) is 60.8 Å². The standard InChI is InChI=1S/C11H19NO6/c1-11(2,15)4-5-17-6-8-9(13)18-7-12(8)10(14)16-3/h8,15H,4-7H2,1-3H3/t8-/m0/s1. The highest BCUT2D eigenvalue weighted by atomic mass is 16.6. The summed E-state index contributed by atoms with van der Waals surface area (Å²) >= 11 is 0. The Bertz CT molecular complexity index is 311. The first kappa shape index (κ1) is 14.7. The van der Waals surface area contributed by atoms with Gasteiger partial charge in [-0.2, -0.15) is 0 Å². The number of hydrogen-bond acceptors (Lipinski definition) is 6. The van der Waals surface area contributed by atoms with Gasteiger partial charge in [-0.15, -0.1) is 0 Å². The van der Waals surface area contributed by atoms with E-state index in [4.69, 9.17) is 9.47 Å². The molecule has 1 atom stereocenters.